The fourth-order valence-corrected chi connectivity index (χ4v) is 4.07. The molecular formula is C19H26BrClNO3Si-. The zero-order valence-electron chi connectivity index (χ0n) is 16.0. The van der Waals surface area contributed by atoms with Gasteiger partial charge in [0.1, 0.15) is 5.69 Å². The zero-order chi connectivity index (χ0) is 19.5. The summed E-state index contributed by atoms with van der Waals surface area (Å²) in [6.45, 7) is 11.7. The van der Waals surface area contributed by atoms with Crippen LogP contribution in [0.2, 0.25) is 16.6 Å². The number of aryl methyl sites for hydroxylation is 1. The van der Waals surface area contributed by atoms with Gasteiger partial charge in [0.25, 0.3) is 0 Å². The summed E-state index contributed by atoms with van der Waals surface area (Å²) in [5.74, 6) is -0.336. The lowest BCUT2D eigenvalue weighted by Crippen LogP contribution is -2.26. The number of rotatable bonds is 7. The van der Waals surface area contributed by atoms with Crippen LogP contribution in [0, 0.1) is 0 Å². The molecule has 144 valence electrons. The molecule has 1 aromatic carbocycles. The van der Waals surface area contributed by atoms with Crippen LogP contribution in [-0.4, -0.2) is 33.2 Å². The van der Waals surface area contributed by atoms with Crippen molar-refractivity contribution in [3.63, 3.8) is 0 Å². The first kappa shape index (κ1) is 21.5. The Bertz CT molecular complexity index is 785. The molecule has 0 atom stereocenters. The van der Waals surface area contributed by atoms with Gasteiger partial charge in [-0.05, 0) is 47.3 Å². The maximum Gasteiger partial charge on any atom is 0.355 e. The molecule has 2 rings (SSSR count). The van der Waals surface area contributed by atoms with E-state index < -0.39 is 9.04 Å². The topological polar surface area (TPSA) is 51.3 Å². The minimum atomic E-state index is -0.859. The second-order valence-corrected chi connectivity index (χ2v) is 11.3. The molecule has 0 radical (unpaired) electrons. The highest BCUT2D eigenvalue weighted by Crippen LogP contribution is 2.35. The lowest BCUT2D eigenvalue weighted by atomic mass is 10.1. The molecule has 0 unspecified atom stereocenters. The highest BCUT2D eigenvalue weighted by Gasteiger charge is 2.20. The number of aromatic amines is 1. The number of carbonyl (C=O) groups excluding carboxylic acids is 1. The van der Waals surface area contributed by atoms with E-state index in [0.717, 1.165) is 33.8 Å². The lowest BCUT2D eigenvalue weighted by molar-refractivity contribution is 0.0519. The summed E-state index contributed by atoms with van der Waals surface area (Å²) in [5, 5.41) is 1.80. The molecule has 0 amide bonds. The fourth-order valence-electron chi connectivity index (χ4n) is 2.59. The maximum atomic E-state index is 12.4. The Labute approximate surface area is 170 Å². The maximum absolute atomic E-state index is 12.4. The first-order valence-electron chi connectivity index (χ1n) is 8.79. The van der Waals surface area contributed by atoms with Crippen LogP contribution in [0.1, 0.15) is 50.2 Å². The lowest BCUT2D eigenvalue weighted by Gasteiger charge is -2.40. The number of esters is 1. The van der Waals surface area contributed by atoms with Crippen molar-refractivity contribution < 1.29 is 14.0 Å². The quantitative estimate of drug-likeness (QED) is 0.308. The molecule has 0 aliphatic heterocycles. The third-order valence-corrected chi connectivity index (χ3v) is 8.51. The molecule has 0 bridgehead atoms. The van der Waals surface area contributed by atoms with Crippen LogP contribution in [0.15, 0.2) is 16.6 Å². The van der Waals surface area contributed by atoms with Crippen molar-refractivity contribution >= 4 is 53.4 Å². The van der Waals surface area contributed by atoms with Gasteiger partial charge in [0.05, 0.1) is 21.6 Å². The summed E-state index contributed by atoms with van der Waals surface area (Å²) in [4.78, 5) is 15.6. The monoisotopic (exact) mass is 458 g/mol. The summed E-state index contributed by atoms with van der Waals surface area (Å²) < 4.78 is 12.0. The molecule has 0 aliphatic rings. The number of H-pyrrole nitrogens is 1. The van der Waals surface area contributed by atoms with E-state index in [1.807, 2.05) is 12.1 Å². The van der Waals surface area contributed by atoms with E-state index >= 15 is 0 Å². The minimum Gasteiger partial charge on any atom is -0.588 e. The summed E-state index contributed by atoms with van der Waals surface area (Å²) in [6, 6.07) is 3.78. The highest BCUT2D eigenvalue weighted by molar-refractivity contribution is 9.10. The van der Waals surface area contributed by atoms with Gasteiger partial charge in [0.15, 0.2) is 0 Å². The predicted octanol–water partition coefficient (Wildman–Crippen LogP) is 6.13. The van der Waals surface area contributed by atoms with Crippen LogP contribution in [0.5, 0.6) is 0 Å². The molecule has 1 N–H and O–H groups in total. The number of fused-ring (bicyclic) bond motifs is 1. The van der Waals surface area contributed by atoms with Gasteiger partial charge in [0, 0.05) is 12.0 Å². The largest absolute Gasteiger partial charge is 0.588 e. The Morgan fingerprint density at radius 3 is 2.65 bits per heavy atom. The first-order valence-corrected chi connectivity index (χ1v) is 11.9. The second-order valence-electron chi connectivity index (χ2n) is 7.24. The van der Waals surface area contributed by atoms with Gasteiger partial charge in [-0.3, -0.25) is 0 Å². The average molecular weight is 460 g/mol. The van der Waals surface area contributed by atoms with Crippen molar-refractivity contribution in [3.8, 4) is 0 Å². The van der Waals surface area contributed by atoms with Crippen LogP contribution in [0.3, 0.4) is 0 Å². The van der Waals surface area contributed by atoms with Crippen molar-refractivity contribution in [1.29, 1.82) is 0 Å². The Morgan fingerprint density at radius 1 is 1.35 bits per heavy atom. The van der Waals surface area contributed by atoms with Crippen molar-refractivity contribution in [2.75, 3.05) is 13.2 Å². The van der Waals surface area contributed by atoms with Gasteiger partial charge < -0.3 is 14.1 Å². The third-order valence-electron chi connectivity index (χ3n) is 4.40. The molecule has 4 nitrogen and oxygen atoms in total. The molecule has 0 saturated carbocycles. The Hall–Kier alpha value is -0.823. The molecule has 0 saturated heterocycles. The molecule has 0 fully saturated rings. The summed E-state index contributed by atoms with van der Waals surface area (Å²) in [6.07, 6.45) is 1.58. The number of halogens is 2. The third kappa shape index (κ3) is 4.91. The number of ether oxygens (including phenoxy) is 1. The van der Waals surface area contributed by atoms with Crippen LogP contribution in [-0.2, 0) is 15.6 Å². The van der Waals surface area contributed by atoms with Gasteiger partial charge >= 0.3 is 5.97 Å². The smallest absolute Gasteiger partial charge is 0.355 e. The molecule has 2 aromatic rings. The predicted molar refractivity (Wildman–Crippen MR) is 113 cm³/mol. The second kappa shape index (κ2) is 8.91. The summed E-state index contributed by atoms with van der Waals surface area (Å²) in [5.41, 5.74) is 2.29. The normalized spacial score (nSPS) is 12.2. The summed E-state index contributed by atoms with van der Waals surface area (Å²) in [7, 11) is -0.859. The molecule has 7 heteroatoms. The van der Waals surface area contributed by atoms with Crippen molar-refractivity contribution in [1.82, 2.24) is 4.98 Å². The van der Waals surface area contributed by atoms with E-state index in [9.17, 15) is 4.79 Å². The number of hydrogen-bond acceptors (Lipinski definition) is 3. The van der Waals surface area contributed by atoms with Crippen LogP contribution in [0.4, 0.5) is 0 Å². The van der Waals surface area contributed by atoms with E-state index in [1.54, 1.807) is 6.92 Å². The van der Waals surface area contributed by atoms with Crippen molar-refractivity contribution in [3.05, 3.63) is 32.9 Å². The molecule has 1 heterocycles. The number of benzene rings is 1. The Kier molecular flexibility index (Phi) is 7.36. The van der Waals surface area contributed by atoms with E-state index in [0.29, 0.717) is 23.9 Å². The van der Waals surface area contributed by atoms with E-state index in [4.69, 9.17) is 20.8 Å². The number of carbonyl (C=O) groups is 1. The van der Waals surface area contributed by atoms with E-state index in [-0.39, 0.29) is 11.0 Å². The van der Waals surface area contributed by atoms with Crippen LogP contribution in [0.25, 0.3) is 10.9 Å². The van der Waals surface area contributed by atoms with Crippen molar-refractivity contribution in [2.45, 2.75) is 52.1 Å². The highest BCUT2D eigenvalue weighted by atomic mass is 79.9. The van der Waals surface area contributed by atoms with Crippen LogP contribution < -0.4 is 0 Å². The van der Waals surface area contributed by atoms with Crippen LogP contribution >= 0.6 is 27.5 Å². The van der Waals surface area contributed by atoms with Gasteiger partial charge in [-0.25, -0.2) is 4.79 Å². The Morgan fingerprint density at radius 2 is 2.04 bits per heavy atom. The standard InChI is InChI=1S/C19H26BrClNO3Si/c1-6-24-18(23)17-12(8-7-11-25-26(5)19(2,3)4)13-9-10-14(21)15(20)16(13)22-17/h9-10,22H,6-8,11H2,1-5H3/q-1. The van der Waals surface area contributed by atoms with Gasteiger partial charge in [-0.1, -0.05) is 38.4 Å². The number of hydrogen-bond donors (Lipinski definition) is 1. The molecule has 1 aromatic heterocycles. The molecule has 26 heavy (non-hydrogen) atoms. The fraction of sp³-hybridized carbons (Fsp3) is 0.526. The van der Waals surface area contributed by atoms with Crippen molar-refractivity contribution in [2.24, 2.45) is 0 Å². The molecule has 0 spiro atoms. The first-order chi connectivity index (χ1) is 12.2. The number of aromatic nitrogens is 1. The van der Waals surface area contributed by atoms with Gasteiger partial charge in [-0.15, -0.1) is 14.1 Å². The van der Waals surface area contributed by atoms with E-state index in [1.165, 1.54) is 0 Å². The molecule has 0 aliphatic carbocycles. The minimum absolute atomic E-state index is 0.211. The van der Waals surface area contributed by atoms with Gasteiger partial charge in [0.2, 0.25) is 0 Å². The Balaban J connectivity index is 2.22. The SMILES string of the molecule is CCOC(=O)c1[nH]c2c(Br)c(Cl)ccc2c1CCCO[Si-](C)C(C)(C)C. The zero-order valence-corrected chi connectivity index (χ0v) is 19.3. The summed E-state index contributed by atoms with van der Waals surface area (Å²) >= 11 is 9.70. The number of nitrogens with one attached hydrogen (secondary N) is 1. The molecular weight excluding hydrogens is 434 g/mol. The average Bonchev–Trinajstić information content (AvgIpc) is 2.93. The van der Waals surface area contributed by atoms with Gasteiger partial charge in [-0.2, -0.15) is 6.55 Å². The van der Waals surface area contributed by atoms with E-state index in [2.05, 4.69) is 48.2 Å².